The molecule has 0 bridgehead atoms. The number of nitrogens with zero attached hydrogens (tertiary/aromatic N) is 2. The normalized spacial score (nSPS) is 24.8. The van der Waals surface area contributed by atoms with Gasteiger partial charge in [-0.3, -0.25) is 9.78 Å². The molecule has 2 fully saturated rings. The number of hydrogen-bond acceptors (Lipinski definition) is 5. The molecule has 0 radical (unpaired) electrons. The fourth-order valence-corrected chi connectivity index (χ4v) is 6.31. The van der Waals surface area contributed by atoms with Crippen LogP contribution < -0.4 is 9.64 Å². The zero-order valence-corrected chi connectivity index (χ0v) is 21.4. The molecule has 2 aliphatic carbocycles. The number of carbonyl (C=O) groups is 2. The van der Waals surface area contributed by atoms with Crippen molar-refractivity contribution in [2.75, 3.05) is 4.90 Å². The SMILES string of the molecule is CC1CCC(C(=O)N(c2cc(CC(C)(C)C)sc2C(=O)O)C2CC(Oc3cccnc3)C2)CC1. The van der Waals surface area contributed by atoms with Gasteiger partial charge in [0.1, 0.15) is 16.7 Å². The summed E-state index contributed by atoms with van der Waals surface area (Å²) in [5.41, 5.74) is 0.607. The number of amides is 1. The molecule has 1 N–H and O–H groups in total. The van der Waals surface area contributed by atoms with Crippen molar-refractivity contribution < 1.29 is 19.4 Å². The smallest absolute Gasteiger partial charge is 0.348 e. The van der Waals surface area contributed by atoms with Gasteiger partial charge in [0.25, 0.3) is 0 Å². The Morgan fingerprint density at radius 1 is 1.21 bits per heavy atom. The van der Waals surface area contributed by atoms with Crippen molar-refractivity contribution in [3.05, 3.63) is 40.3 Å². The minimum atomic E-state index is -0.960. The Morgan fingerprint density at radius 3 is 2.50 bits per heavy atom. The van der Waals surface area contributed by atoms with Gasteiger partial charge in [-0.05, 0) is 61.6 Å². The first-order valence-corrected chi connectivity index (χ1v) is 13.2. The second-order valence-electron chi connectivity index (χ2n) is 11.2. The minimum absolute atomic E-state index is 0.00293. The molecular formula is C27H36N2O4S. The van der Waals surface area contributed by atoms with E-state index in [0.29, 0.717) is 24.4 Å². The van der Waals surface area contributed by atoms with Crippen molar-refractivity contribution in [3.63, 3.8) is 0 Å². The number of thiophene rings is 1. The molecule has 2 heterocycles. The summed E-state index contributed by atoms with van der Waals surface area (Å²) in [6.07, 6.45) is 9.40. The highest BCUT2D eigenvalue weighted by Gasteiger charge is 2.42. The summed E-state index contributed by atoms with van der Waals surface area (Å²) in [7, 11) is 0. The van der Waals surface area contributed by atoms with E-state index >= 15 is 0 Å². The van der Waals surface area contributed by atoms with Crippen LogP contribution in [0.25, 0.3) is 0 Å². The van der Waals surface area contributed by atoms with E-state index < -0.39 is 5.97 Å². The fourth-order valence-electron chi connectivity index (χ4n) is 5.03. The van der Waals surface area contributed by atoms with Gasteiger partial charge >= 0.3 is 5.97 Å². The summed E-state index contributed by atoms with van der Waals surface area (Å²) in [5, 5.41) is 10.0. The highest BCUT2D eigenvalue weighted by Crippen LogP contribution is 2.41. The van der Waals surface area contributed by atoms with E-state index in [1.54, 1.807) is 12.4 Å². The third-order valence-electron chi connectivity index (χ3n) is 6.90. The first kappa shape index (κ1) is 24.7. The molecule has 2 saturated carbocycles. The van der Waals surface area contributed by atoms with Crippen LogP contribution in [0.3, 0.4) is 0 Å². The lowest BCUT2D eigenvalue weighted by Crippen LogP contribution is -2.54. The van der Waals surface area contributed by atoms with Crippen molar-refractivity contribution in [2.45, 2.75) is 84.8 Å². The summed E-state index contributed by atoms with van der Waals surface area (Å²) < 4.78 is 6.04. The second kappa shape index (κ2) is 10.1. The Balaban J connectivity index is 1.59. The molecule has 184 valence electrons. The van der Waals surface area contributed by atoms with Crippen LogP contribution >= 0.6 is 11.3 Å². The molecule has 34 heavy (non-hydrogen) atoms. The van der Waals surface area contributed by atoms with Gasteiger partial charge in [-0.25, -0.2) is 4.79 Å². The molecule has 2 aromatic heterocycles. The molecule has 2 aromatic rings. The van der Waals surface area contributed by atoms with Gasteiger partial charge in [0.2, 0.25) is 5.91 Å². The summed E-state index contributed by atoms with van der Waals surface area (Å²) >= 11 is 1.31. The molecule has 6 nitrogen and oxygen atoms in total. The van der Waals surface area contributed by atoms with Crippen LogP contribution in [0.4, 0.5) is 5.69 Å². The Hall–Kier alpha value is -2.41. The van der Waals surface area contributed by atoms with E-state index in [4.69, 9.17) is 4.74 Å². The first-order chi connectivity index (χ1) is 16.1. The number of carboxylic acids is 1. The maximum Gasteiger partial charge on any atom is 0.348 e. The maximum atomic E-state index is 13.9. The van der Waals surface area contributed by atoms with Crippen LogP contribution in [-0.4, -0.2) is 34.1 Å². The zero-order chi connectivity index (χ0) is 24.5. The number of aromatic nitrogens is 1. The second-order valence-corrected chi connectivity index (χ2v) is 12.3. The quantitative estimate of drug-likeness (QED) is 0.506. The third-order valence-corrected chi connectivity index (χ3v) is 8.01. The number of carbonyl (C=O) groups excluding carboxylic acids is 1. The van der Waals surface area contributed by atoms with Gasteiger partial charge < -0.3 is 14.7 Å². The van der Waals surface area contributed by atoms with E-state index in [0.717, 1.165) is 42.7 Å². The highest BCUT2D eigenvalue weighted by molar-refractivity contribution is 7.14. The third kappa shape index (κ3) is 5.80. The molecule has 0 atom stereocenters. The summed E-state index contributed by atoms with van der Waals surface area (Å²) in [6, 6.07) is 5.63. The standard InChI is InChI=1S/C27H36N2O4S/c1-17-7-9-18(10-8-17)25(30)29(19-12-21(13-19)33-20-6-5-11-28-16-20)23-14-22(15-27(2,3)4)34-24(23)26(31)32/h5-6,11,14,16-19,21H,7-10,12-13,15H2,1-4H3,(H,31,32). The van der Waals surface area contributed by atoms with Crippen LogP contribution in [0.5, 0.6) is 5.75 Å². The van der Waals surface area contributed by atoms with Crippen molar-refractivity contribution in [1.82, 2.24) is 4.98 Å². The number of rotatable bonds is 7. The molecule has 0 saturated heterocycles. The van der Waals surface area contributed by atoms with E-state index in [2.05, 4.69) is 32.7 Å². The van der Waals surface area contributed by atoms with Crippen molar-refractivity contribution in [1.29, 1.82) is 0 Å². The van der Waals surface area contributed by atoms with Crippen molar-refractivity contribution >= 4 is 28.9 Å². The predicted molar refractivity (Wildman–Crippen MR) is 135 cm³/mol. The number of pyridine rings is 1. The van der Waals surface area contributed by atoms with Gasteiger partial charge in [-0.1, -0.05) is 27.7 Å². The van der Waals surface area contributed by atoms with Crippen molar-refractivity contribution in [2.24, 2.45) is 17.3 Å². The van der Waals surface area contributed by atoms with E-state index in [1.165, 1.54) is 11.3 Å². The van der Waals surface area contributed by atoms with Gasteiger partial charge in [0.05, 0.1) is 11.9 Å². The van der Waals surface area contributed by atoms with E-state index in [-0.39, 0.29) is 34.3 Å². The van der Waals surface area contributed by atoms with Crippen LogP contribution in [0.2, 0.25) is 0 Å². The van der Waals surface area contributed by atoms with Gasteiger partial charge in [0, 0.05) is 35.9 Å². The van der Waals surface area contributed by atoms with Crippen molar-refractivity contribution in [3.8, 4) is 5.75 Å². The number of hydrogen-bond donors (Lipinski definition) is 1. The lowest BCUT2D eigenvalue weighted by molar-refractivity contribution is -0.124. The highest BCUT2D eigenvalue weighted by atomic mass is 32.1. The molecule has 0 aliphatic heterocycles. The van der Waals surface area contributed by atoms with Gasteiger partial charge in [-0.2, -0.15) is 0 Å². The Morgan fingerprint density at radius 2 is 1.91 bits per heavy atom. The molecule has 4 rings (SSSR count). The predicted octanol–water partition coefficient (Wildman–Crippen LogP) is 6.20. The average molecular weight is 485 g/mol. The topological polar surface area (TPSA) is 79.7 Å². The monoisotopic (exact) mass is 484 g/mol. The Labute approximate surface area is 206 Å². The molecular weight excluding hydrogens is 448 g/mol. The van der Waals surface area contributed by atoms with E-state index in [9.17, 15) is 14.7 Å². The number of aromatic carboxylic acids is 1. The molecule has 1 amide bonds. The van der Waals surface area contributed by atoms with Gasteiger partial charge in [-0.15, -0.1) is 11.3 Å². The molecule has 0 spiro atoms. The zero-order valence-electron chi connectivity index (χ0n) is 20.6. The first-order valence-electron chi connectivity index (χ1n) is 12.4. The lowest BCUT2D eigenvalue weighted by Gasteiger charge is -2.44. The minimum Gasteiger partial charge on any atom is -0.489 e. The molecule has 7 heteroatoms. The van der Waals surface area contributed by atoms with E-state index in [1.807, 2.05) is 23.1 Å². The Bertz CT molecular complexity index is 999. The van der Waals surface area contributed by atoms with Crippen LogP contribution in [0.1, 0.15) is 80.8 Å². The largest absolute Gasteiger partial charge is 0.489 e. The Kier molecular flexibility index (Phi) is 7.31. The number of carboxylic acid groups (broad SMARTS) is 1. The summed E-state index contributed by atoms with van der Waals surface area (Å²) in [4.78, 5) is 33.3. The summed E-state index contributed by atoms with van der Waals surface area (Å²) in [6.45, 7) is 8.67. The molecule has 0 unspecified atom stereocenters. The average Bonchev–Trinajstić information content (AvgIpc) is 3.15. The van der Waals surface area contributed by atoms with Crippen LogP contribution in [0, 0.1) is 17.3 Å². The molecule has 2 aliphatic rings. The maximum absolute atomic E-state index is 13.9. The molecule has 0 aromatic carbocycles. The number of anilines is 1. The van der Waals surface area contributed by atoms with Gasteiger partial charge in [0.15, 0.2) is 0 Å². The number of ether oxygens (including phenoxy) is 1. The van der Waals surface area contributed by atoms with Crippen LogP contribution in [-0.2, 0) is 11.2 Å². The summed E-state index contributed by atoms with van der Waals surface area (Å²) in [5.74, 6) is 0.450. The van der Waals surface area contributed by atoms with Crippen LogP contribution in [0.15, 0.2) is 30.6 Å². The fraction of sp³-hybridized carbons (Fsp3) is 0.593. The lowest BCUT2D eigenvalue weighted by atomic mass is 9.80.